The van der Waals surface area contributed by atoms with Gasteiger partial charge in [0.15, 0.2) is 0 Å². The largest absolute Gasteiger partial charge is 0.496 e. The first-order valence-corrected chi connectivity index (χ1v) is 13.1. The molecule has 5 rings (SSSR count). The summed E-state index contributed by atoms with van der Waals surface area (Å²) in [5.41, 5.74) is 7.94. The Kier molecular flexibility index (Phi) is 7.79. The Morgan fingerprint density at radius 2 is 0.872 bits per heavy atom. The number of hydrogen-bond acceptors (Lipinski definition) is 4. The molecule has 0 fully saturated rings. The number of hydrogen-bond donors (Lipinski definition) is 0. The summed E-state index contributed by atoms with van der Waals surface area (Å²) >= 11 is 0. The monoisotopic (exact) mass is 563 g/mol. The van der Waals surface area contributed by atoms with E-state index in [2.05, 4.69) is 102 Å². The second-order valence-electron chi connectivity index (χ2n) is 11.9. The molecule has 2 heterocycles. The van der Waals surface area contributed by atoms with E-state index in [-0.39, 0.29) is 27.6 Å². The minimum absolute atomic E-state index is 0. The van der Waals surface area contributed by atoms with Crippen LogP contribution in [0, 0.1) is 0 Å². The van der Waals surface area contributed by atoms with Crippen LogP contribution in [0.1, 0.15) is 52.7 Å². The summed E-state index contributed by atoms with van der Waals surface area (Å²) in [6.45, 7) is 13.3. The first-order chi connectivity index (χ1) is 18.0. The standard InChI is InChI=1S/C34H36N2O2.Co/c1-33(2,3)23-13-17-29(37-7)25(19-23)27-15-11-21-9-10-22-12-16-28(36-32(22)31(21)35-27)26-20-24(34(4,5)6)14-18-30(26)38-8;/h9-20H,1-8H3;. The smallest absolute Gasteiger partial charge is 0.128 e. The van der Waals surface area contributed by atoms with Crippen molar-refractivity contribution >= 4 is 21.8 Å². The Balaban J connectivity index is 0.00000353. The third-order valence-electron chi connectivity index (χ3n) is 7.20. The Morgan fingerprint density at radius 1 is 0.513 bits per heavy atom. The number of nitrogens with zero attached hydrogens (tertiary/aromatic N) is 2. The molecule has 39 heavy (non-hydrogen) atoms. The van der Waals surface area contributed by atoms with Gasteiger partial charge in [-0.05, 0) is 58.4 Å². The molecule has 0 aliphatic heterocycles. The van der Waals surface area contributed by atoms with Gasteiger partial charge in [0.25, 0.3) is 0 Å². The molecular weight excluding hydrogens is 527 g/mol. The second-order valence-corrected chi connectivity index (χ2v) is 11.9. The summed E-state index contributed by atoms with van der Waals surface area (Å²) in [4.78, 5) is 10.3. The van der Waals surface area contributed by atoms with Gasteiger partial charge in [-0.1, -0.05) is 77.9 Å². The first-order valence-electron chi connectivity index (χ1n) is 13.1. The molecule has 0 spiro atoms. The van der Waals surface area contributed by atoms with E-state index in [4.69, 9.17) is 19.4 Å². The SMILES string of the molecule is COc1ccc(C(C)(C)C)cc1-c1ccc2ccc3ccc(-c4cc(C(C)(C)C)ccc4OC)nc3c2n1.[Co]. The van der Waals surface area contributed by atoms with Crippen LogP contribution < -0.4 is 9.47 Å². The maximum Gasteiger partial charge on any atom is 0.128 e. The van der Waals surface area contributed by atoms with Crippen LogP contribution in [0.25, 0.3) is 44.3 Å². The van der Waals surface area contributed by atoms with Crippen LogP contribution in [-0.2, 0) is 27.6 Å². The predicted molar refractivity (Wildman–Crippen MR) is 158 cm³/mol. The van der Waals surface area contributed by atoms with Crippen molar-refractivity contribution in [2.75, 3.05) is 14.2 Å². The third kappa shape index (κ3) is 5.52. The summed E-state index contributed by atoms with van der Waals surface area (Å²) < 4.78 is 11.5. The number of aromatic nitrogens is 2. The minimum atomic E-state index is 0. The van der Waals surface area contributed by atoms with Crippen molar-refractivity contribution in [1.82, 2.24) is 9.97 Å². The van der Waals surface area contributed by atoms with Crippen molar-refractivity contribution in [3.05, 3.63) is 83.9 Å². The van der Waals surface area contributed by atoms with E-state index in [1.807, 2.05) is 12.1 Å². The molecule has 0 saturated carbocycles. The van der Waals surface area contributed by atoms with Crippen molar-refractivity contribution < 1.29 is 26.3 Å². The molecule has 0 N–H and O–H groups in total. The maximum atomic E-state index is 5.74. The second kappa shape index (κ2) is 10.6. The molecule has 1 radical (unpaired) electrons. The van der Waals surface area contributed by atoms with Crippen molar-refractivity contribution in [2.45, 2.75) is 52.4 Å². The van der Waals surface area contributed by atoms with Gasteiger partial charge in [0.05, 0.1) is 36.6 Å². The zero-order chi connectivity index (χ0) is 27.2. The zero-order valence-corrected chi connectivity index (χ0v) is 25.0. The average Bonchev–Trinajstić information content (AvgIpc) is 2.90. The fraction of sp³-hybridized carbons (Fsp3) is 0.294. The van der Waals surface area contributed by atoms with E-state index < -0.39 is 0 Å². The Bertz CT molecular complexity index is 1540. The quantitative estimate of drug-likeness (QED) is 0.205. The minimum Gasteiger partial charge on any atom is -0.496 e. The number of ether oxygens (including phenoxy) is 2. The Hall–Kier alpha value is -3.41. The van der Waals surface area contributed by atoms with Crippen molar-refractivity contribution in [3.63, 3.8) is 0 Å². The topological polar surface area (TPSA) is 44.2 Å². The molecular formula is C34H36CoN2O2. The van der Waals surface area contributed by atoms with Crippen molar-refractivity contribution in [2.24, 2.45) is 0 Å². The van der Waals surface area contributed by atoms with E-state index in [9.17, 15) is 0 Å². The molecule has 0 saturated heterocycles. The van der Waals surface area contributed by atoms with Gasteiger partial charge in [-0.25, -0.2) is 9.97 Å². The molecule has 0 aliphatic carbocycles. The molecule has 0 amide bonds. The van der Waals surface area contributed by atoms with Crippen LogP contribution in [0.3, 0.4) is 0 Å². The van der Waals surface area contributed by atoms with E-state index in [1.165, 1.54) is 11.1 Å². The zero-order valence-electron chi connectivity index (χ0n) is 24.0. The number of methoxy groups -OCH3 is 2. The van der Waals surface area contributed by atoms with E-state index in [0.29, 0.717) is 0 Å². The molecule has 0 unspecified atom stereocenters. The molecule has 0 bridgehead atoms. The van der Waals surface area contributed by atoms with Gasteiger partial charge >= 0.3 is 0 Å². The van der Waals surface area contributed by atoms with Gasteiger partial charge in [-0.3, -0.25) is 0 Å². The molecule has 4 nitrogen and oxygen atoms in total. The predicted octanol–water partition coefficient (Wildman–Crippen LogP) is 8.73. The molecule has 203 valence electrons. The fourth-order valence-corrected chi connectivity index (χ4v) is 4.82. The van der Waals surface area contributed by atoms with Gasteiger partial charge in [-0.2, -0.15) is 0 Å². The van der Waals surface area contributed by atoms with Crippen LogP contribution in [-0.4, -0.2) is 24.2 Å². The van der Waals surface area contributed by atoms with Gasteiger partial charge < -0.3 is 9.47 Å². The number of rotatable bonds is 4. The van der Waals surface area contributed by atoms with Crippen molar-refractivity contribution in [3.8, 4) is 34.0 Å². The molecule has 3 aromatic carbocycles. The number of benzene rings is 3. The van der Waals surface area contributed by atoms with Crippen molar-refractivity contribution in [1.29, 1.82) is 0 Å². The first kappa shape index (κ1) is 28.6. The summed E-state index contributed by atoms with van der Waals surface area (Å²) in [5, 5.41) is 2.10. The molecule has 5 aromatic rings. The molecule has 2 aromatic heterocycles. The van der Waals surface area contributed by atoms with E-state index in [1.54, 1.807) is 14.2 Å². The molecule has 5 heteroatoms. The van der Waals surface area contributed by atoms with Gasteiger partial charge in [0.1, 0.15) is 11.5 Å². The average molecular weight is 564 g/mol. The summed E-state index contributed by atoms with van der Waals surface area (Å²) in [6, 6.07) is 25.3. The van der Waals surface area contributed by atoms with Gasteiger partial charge in [-0.15, -0.1) is 0 Å². The third-order valence-corrected chi connectivity index (χ3v) is 7.20. The Labute approximate surface area is 242 Å². The maximum absolute atomic E-state index is 5.74. The normalized spacial score (nSPS) is 11.9. The number of pyridine rings is 2. The van der Waals surface area contributed by atoms with E-state index >= 15 is 0 Å². The summed E-state index contributed by atoms with van der Waals surface area (Å²) in [6.07, 6.45) is 0. The van der Waals surface area contributed by atoms with Crippen LogP contribution in [0.5, 0.6) is 11.5 Å². The van der Waals surface area contributed by atoms with E-state index in [0.717, 1.165) is 55.8 Å². The van der Waals surface area contributed by atoms with Gasteiger partial charge in [0.2, 0.25) is 0 Å². The fourth-order valence-electron chi connectivity index (χ4n) is 4.82. The summed E-state index contributed by atoms with van der Waals surface area (Å²) in [5.74, 6) is 1.62. The van der Waals surface area contributed by atoms with Crippen LogP contribution >= 0.6 is 0 Å². The molecule has 0 atom stereocenters. The van der Waals surface area contributed by atoms with Gasteiger partial charge in [0, 0.05) is 38.7 Å². The summed E-state index contributed by atoms with van der Waals surface area (Å²) in [7, 11) is 3.41. The Morgan fingerprint density at radius 3 is 1.21 bits per heavy atom. The number of fused-ring (bicyclic) bond motifs is 3. The van der Waals surface area contributed by atoms with Crippen LogP contribution in [0.2, 0.25) is 0 Å². The van der Waals surface area contributed by atoms with Crippen LogP contribution in [0.15, 0.2) is 72.8 Å². The molecule has 0 aliphatic rings. The van der Waals surface area contributed by atoms with Crippen LogP contribution in [0.4, 0.5) is 0 Å².